The molecule has 150 valence electrons. The maximum absolute atomic E-state index is 5.45. The molecule has 2 aliphatic heterocycles. The quantitative estimate of drug-likeness (QED) is 0.807. The molecule has 1 aromatic carbocycles. The zero-order chi connectivity index (χ0) is 19.7. The van der Waals surface area contributed by atoms with Crippen LogP contribution in [0.2, 0.25) is 0 Å². The molecule has 5 nitrogen and oxygen atoms in total. The van der Waals surface area contributed by atoms with Gasteiger partial charge in [0.25, 0.3) is 0 Å². The lowest BCUT2D eigenvalue weighted by molar-refractivity contribution is 0.178. The van der Waals surface area contributed by atoms with Crippen LogP contribution in [-0.2, 0) is 19.5 Å². The second-order valence-electron chi connectivity index (χ2n) is 8.33. The maximum atomic E-state index is 5.45. The van der Waals surface area contributed by atoms with Gasteiger partial charge in [-0.2, -0.15) is 0 Å². The van der Waals surface area contributed by atoms with Crippen LogP contribution in [0.15, 0.2) is 18.3 Å². The van der Waals surface area contributed by atoms with Crippen LogP contribution < -0.4 is 4.74 Å². The SMILES string of the molecule is COc1ccc(CN2CCc3nc([C@H]4CCCCN4C)ncc3C2)c(C)c1C. The molecule has 2 aromatic rings. The van der Waals surface area contributed by atoms with Gasteiger partial charge in [0, 0.05) is 43.5 Å². The van der Waals surface area contributed by atoms with Crippen molar-refractivity contribution in [2.24, 2.45) is 0 Å². The Labute approximate surface area is 168 Å². The Balaban J connectivity index is 1.47. The number of benzene rings is 1. The third-order valence-electron chi connectivity index (χ3n) is 6.56. The first-order valence-electron chi connectivity index (χ1n) is 10.5. The van der Waals surface area contributed by atoms with Crippen LogP contribution in [-0.4, -0.2) is 47.0 Å². The topological polar surface area (TPSA) is 41.5 Å². The summed E-state index contributed by atoms with van der Waals surface area (Å²) in [6, 6.07) is 4.68. The van der Waals surface area contributed by atoms with Gasteiger partial charge in [0.15, 0.2) is 0 Å². The van der Waals surface area contributed by atoms with Gasteiger partial charge in [0.2, 0.25) is 0 Å². The molecule has 2 aliphatic rings. The number of rotatable bonds is 4. The third-order valence-corrected chi connectivity index (χ3v) is 6.56. The van der Waals surface area contributed by atoms with Gasteiger partial charge in [-0.15, -0.1) is 0 Å². The van der Waals surface area contributed by atoms with E-state index >= 15 is 0 Å². The maximum Gasteiger partial charge on any atom is 0.145 e. The molecular weight excluding hydrogens is 348 g/mol. The van der Waals surface area contributed by atoms with E-state index in [-0.39, 0.29) is 0 Å². The standard InChI is InChI=1S/C23H32N4O/c1-16-17(2)22(28-4)9-8-18(16)14-27-12-10-20-19(15-27)13-24-23(25-20)21-7-5-6-11-26(21)3/h8-9,13,21H,5-7,10-12,14-15H2,1-4H3/t21-/m1/s1. The molecule has 0 radical (unpaired) electrons. The Hall–Kier alpha value is -1.98. The first-order chi connectivity index (χ1) is 13.6. The predicted octanol–water partition coefficient (Wildman–Crippen LogP) is 3.82. The first-order valence-corrected chi connectivity index (χ1v) is 10.5. The largest absolute Gasteiger partial charge is 0.496 e. The second-order valence-corrected chi connectivity index (χ2v) is 8.33. The van der Waals surface area contributed by atoms with E-state index in [9.17, 15) is 0 Å². The van der Waals surface area contributed by atoms with Gasteiger partial charge in [0.05, 0.1) is 13.2 Å². The second kappa shape index (κ2) is 8.18. The molecular formula is C23H32N4O. The normalized spacial score (nSPS) is 20.8. The van der Waals surface area contributed by atoms with Crippen molar-refractivity contribution in [2.75, 3.05) is 27.2 Å². The molecule has 1 fully saturated rings. The van der Waals surface area contributed by atoms with Crippen LogP contribution in [0.1, 0.15) is 59.1 Å². The van der Waals surface area contributed by atoms with Crippen LogP contribution in [0.25, 0.3) is 0 Å². The predicted molar refractivity (Wildman–Crippen MR) is 112 cm³/mol. The van der Waals surface area contributed by atoms with Crippen LogP contribution >= 0.6 is 0 Å². The van der Waals surface area contributed by atoms with Crippen molar-refractivity contribution in [1.82, 2.24) is 19.8 Å². The molecule has 1 saturated heterocycles. The highest BCUT2D eigenvalue weighted by molar-refractivity contribution is 5.43. The van der Waals surface area contributed by atoms with E-state index in [1.807, 2.05) is 0 Å². The summed E-state index contributed by atoms with van der Waals surface area (Å²) in [4.78, 5) is 14.7. The minimum atomic E-state index is 0.391. The van der Waals surface area contributed by atoms with Crippen LogP contribution in [0.3, 0.4) is 0 Å². The number of methoxy groups -OCH3 is 1. The minimum absolute atomic E-state index is 0.391. The lowest BCUT2D eigenvalue weighted by Gasteiger charge is -2.33. The Kier molecular flexibility index (Phi) is 5.65. The fourth-order valence-corrected chi connectivity index (χ4v) is 4.57. The molecule has 0 bridgehead atoms. The molecule has 0 spiro atoms. The van der Waals surface area contributed by atoms with E-state index in [0.717, 1.165) is 44.2 Å². The fraction of sp³-hybridized carbons (Fsp3) is 0.565. The molecule has 0 N–H and O–H groups in total. The smallest absolute Gasteiger partial charge is 0.145 e. The zero-order valence-electron chi connectivity index (χ0n) is 17.7. The summed E-state index contributed by atoms with van der Waals surface area (Å²) in [7, 11) is 3.94. The number of fused-ring (bicyclic) bond motifs is 1. The molecule has 5 heteroatoms. The number of ether oxygens (including phenoxy) is 1. The van der Waals surface area contributed by atoms with E-state index in [4.69, 9.17) is 14.7 Å². The van der Waals surface area contributed by atoms with Crippen molar-refractivity contribution >= 4 is 0 Å². The number of hydrogen-bond donors (Lipinski definition) is 0. The summed E-state index contributed by atoms with van der Waals surface area (Å²) < 4.78 is 5.45. The van der Waals surface area contributed by atoms with Crippen molar-refractivity contribution in [3.63, 3.8) is 0 Å². The van der Waals surface area contributed by atoms with Crippen molar-refractivity contribution in [3.05, 3.63) is 52.1 Å². The van der Waals surface area contributed by atoms with Crippen LogP contribution in [0, 0.1) is 13.8 Å². The van der Waals surface area contributed by atoms with Gasteiger partial charge in [0.1, 0.15) is 11.6 Å². The van der Waals surface area contributed by atoms with Crippen molar-refractivity contribution in [1.29, 1.82) is 0 Å². The Morgan fingerprint density at radius 2 is 2.00 bits per heavy atom. The molecule has 0 amide bonds. The zero-order valence-corrected chi connectivity index (χ0v) is 17.7. The Bertz CT molecular complexity index is 851. The highest BCUT2D eigenvalue weighted by atomic mass is 16.5. The molecule has 1 aromatic heterocycles. The molecule has 0 unspecified atom stereocenters. The summed E-state index contributed by atoms with van der Waals surface area (Å²) in [6.07, 6.45) is 6.84. The van der Waals surface area contributed by atoms with Crippen molar-refractivity contribution in [3.8, 4) is 5.75 Å². The van der Waals surface area contributed by atoms with E-state index in [2.05, 4.69) is 49.0 Å². The number of likely N-dealkylation sites (tertiary alicyclic amines) is 1. The van der Waals surface area contributed by atoms with Gasteiger partial charge in [-0.3, -0.25) is 9.80 Å². The van der Waals surface area contributed by atoms with Gasteiger partial charge in [-0.25, -0.2) is 9.97 Å². The molecule has 0 aliphatic carbocycles. The van der Waals surface area contributed by atoms with E-state index in [0.29, 0.717) is 6.04 Å². The number of aromatic nitrogens is 2. The van der Waals surface area contributed by atoms with Crippen molar-refractivity contribution in [2.45, 2.75) is 58.7 Å². The molecule has 3 heterocycles. The summed E-state index contributed by atoms with van der Waals surface area (Å²) >= 11 is 0. The van der Waals surface area contributed by atoms with E-state index in [1.54, 1.807) is 7.11 Å². The number of hydrogen-bond acceptors (Lipinski definition) is 5. The van der Waals surface area contributed by atoms with Crippen LogP contribution in [0.4, 0.5) is 0 Å². The monoisotopic (exact) mass is 380 g/mol. The Morgan fingerprint density at radius 3 is 2.79 bits per heavy atom. The highest BCUT2D eigenvalue weighted by Gasteiger charge is 2.25. The van der Waals surface area contributed by atoms with Gasteiger partial charge in [-0.1, -0.05) is 12.5 Å². The lowest BCUT2D eigenvalue weighted by atomic mass is 9.99. The molecule has 0 saturated carbocycles. The summed E-state index contributed by atoms with van der Waals surface area (Å²) in [5, 5.41) is 0. The first kappa shape index (κ1) is 19.3. The van der Waals surface area contributed by atoms with Gasteiger partial charge >= 0.3 is 0 Å². The van der Waals surface area contributed by atoms with E-state index in [1.165, 1.54) is 47.2 Å². The summed E-state index contributed by atoms with van der Waals surface area (Å²) in [6.45, 7) is 8.43. The lowest BCUT2D eigenvalue weighted by Crippen LogP contribution is -2.33. The average molecular weight is 381 g/mol. The minimum Gasteiger partial charge on any atom is -0.496 e. The number of piperidine rings is 1. The third kappa shape index (κ3) is 3.78. The molecule has 4 rings (SSSR count). The highest BCUT2D eigenvalue weighted by Crippen LogP contribution is 2.29. The summed E-state index contributed by atoms with van der Waals surface area (Å²) in [5.41, 5.74) is 6.49. The number of nitrogens with zero attached hydrogens (tertiary/aromatic N) is 4. The summed E-state index contributed by atoms with van der Waals surface area (Å²) in [5.74, 6) is 2.00. The van der Waals surface area contributed by atoms with Crippen molar-refractivity contribution < 1.29 is 4.74 Å². The Morgan fingerprint density at radius 1 is 1.14 bits per heavy atom. The molecule has 1 atom stereocenters. The fourth-order valence-electron chi connectivity index (χ4n) is 4.57. The van der Waals surface area contributed by atoms with Crippen LogP contribution in [0.5, 0.6) is 5.75 Å². The molecule has 28 heavy (non-hydrogen) atoms. The van der Waals surface area contributed by atoms with E-state index < -0.39 is 0 Å². The van der Waals surface area contributed by atoms with Gasteiger partial charge in [-0.05, 0) is 63.0 Å². The van der Waals surface area contributed by atoms with Gasteiger partial charge < -0.3 is 4.74 Å². The average Bonchev–Trinajstić information content (AvgIpc) is 2.71.